The van der Waals surface area contributed by atoms with Crippen LogP contribution in [0.3, 0.4) is 0 Å². The molecule has 1 saturated carbocycles. The summed E-state index contributed by atoms with van der Waals surface area (Å²) >= 11 is 0. The van der Waals surface area contributed by atoms with E-state index >= 15 is 0 Å². The molecule has 0 bridgehead atoms. The molecular weight excluding hydrogens is 1270 g/mol. The first-order chi connectivity index (χ1) is 49.3. The van der Waals surface area contributed by atoms with Crippen molar-refractivity contribution in [1.82, 2.24) is 9.80 Å². The number of amides is 4. The van der Waals surface area contributed by atoms with E-state index in [-0.39, 0.29) is 23.6 Å². The summed E-state index contributed by atoms with van der Waals surface area (Å²) in [6.45, 7) is 23.3. The van der Waals surface area contributed by atoms with Gasteiger partial charge in [-0.2, -0.15) is 0 Å². The molecule has 1 aliphatic carbocycles. The van der Waals surface area contributed by atoms with Crippen molar-refractivity contribution in [3.05, 3.63) is 244 Å². The lowest BCUT2D eigenvalue weighted by Crippen LogP contribution is -2.38. The molecule has 10 aromatic carbocycles. The van der Waals surface area contributed by atoms with E-state index in [1.165, 1.54) is 52.5 Å². The Morgan fingerprint density at radius 1 is 0.382 bits per heavy atom. The average Bonchev–Trinajstić information content (AvgIpc) is 1.64. The number of furan rings is 4. The van der Waals surface area contributed by atoms with Crippen molar-refractivity contribution in [2.45, 2.75) is 127 Å². The standard InChI is InChI=1S/2C24H23NO2.C21H23NO3.C20H23NO2/c1-5-25(21-9-7-16(3)17(4)11-21)24(26)23-14-20-12-18-8-6-15(2)10-19(18)13-22(20)27-23;1-4-10-25(21-7-5-6-16(2)12-21)24(26)23-15-20-13-18-9-8-17(3)11-19(18)14-22(20)27-23;1-22(17-6-4-3-5-7-17)21(23)20-13-16-10-14-8-9-18(24-2)11-15(14)12-19(16)25-20;1-4-6-9-21(5-2)20(22)19-13-17-11-15-8-7-14(3)10-16(15)12-18(17)23-19/h6-14H,5H2,1-4H3;5-9,11-15H,4,10H2,1-3H3;8-13,17H,3-7H2,1-2H3;7-8,10-13H,4-6,9H2,1-3H3. The molecule has 14 aromatic rings. The van der Waals surface area contributed by atoms with E-state index in [4.69, 9.17) is 22.4 Å². The Bertz CT molecular complexity index is 5410. The second-order valence-electron chi connectivity index (χ2n) is 27.3. The minimum atomic E-state index is -0.114. The van der Waals surface area contributed by atoms with Gasteiger partial charge in [0.1, 0.15) is 28.1 Å². The molecule has 4 aromatic heterocycles. The summed E-state index contributed by atoms with van der Waals surface area (Å²) in [6, 6.07) is 63.2. The lowest BCUT2D eigenvalue weighted by atomic mass is 9.94. The summed E-state index contributed by atoms with van der Waals surface area (Å²) in [5.41, 5.74) is 12.0. The molecule has 0 atom stereocenters. The van der Waals surface area contributed by atoms with Crippen molar-refractivity contribution in [2.24, 2.45) is 0 Å². The van der Waals surface area contributed by atoms with E-state index in [0.29, 0.717) is 48.7 Å². The first-order valence-electron chi connectivity index (χ1n) is 36.0. The number of carbonyl (C=O) groups excluding carboxylic acids is 4. The molecule has 4 amide bonds. The van der Waals surface area contributed by atoms with Crippen LogP contribution >= 0.6 is 0 Å². The van der Waals surface area contributed by atoms with Crippen LogP contribution < -0.4 is 14.5 Å². The number of rotatable bonds is 15. The third-order valence-electron chi connectivity index (χ3n) is 19.7. The minimum absolute atomic E-state index is 0.0163. The SMILES string of the molecule is CCCCN(CC)C(=O)c1cc2cc3ccc(C)cc3cc2o1.CCCN(C(=O)c1cc2cc3ccc(C)cc3cc2o1)c1cccc(C)c1.CCN(C(=O)c1cc2cc3ccc(C)cc3cc2o1)c1ccc(C)c(C)c1.COc1ccc2cc3cc(C(=O)N(C)C4CCCCC4)oc3cc2c1. The quantitative estimate of drug-likeness (QED) is 0.0980. The molecule has 0 saturated heterocycles. The Kier molecular flexibility index (Phi) is 21.8. The second kappa shape index (κ2) is 31.3. The highest BCUT2D eigenvalue weighted by Gasteiger charge is 2.27. The van der Waals surface area contributed by atoms with Crippen molar-refractivity contribution in [3.8, 4) is 5.75 Å². The number of unbranched alkanes of at least 4 members (excludes halogenated alkanes) is 1. The monoisotopic (exact) mass is 1360 g/mol. The van der Waals surface area contributed by atoms with Gasteiger partial charge < -0.3 is 42.0 Å². The highest BCUT2D eigenvalue weighted by Crippen LogP contribution is 2.34. The van der Waals surface area contributed by atoms with Gasteiger partial charge in [0, 0.05) is 72.2 Å². The van der Waals surface area contributed by atoms with Crippen LogP contribution in [0.4, 0.5) is 11.4 Å². The Labute approximate surface area is 597 Å². The number of anilines is 2. The molecule has 522 valence electrons. The number of ether oxygens (including phenoxy) is 1. The number of nitrogens with zero attached hydrogens (tertiary/aromatic N) is 4. The van der Waals surface area contributed by atoms with Crippen molar-refractivity contribution in [2.75, 3.05) is 50.1 Å². The Hall–Kier alpha value is -10.9. The normalized spacial score (nSPS) is 12.3. The van der Waals surface area contributed by atoms with Gasteiger partial charge in [-0.05, 0) is 250 Å². The molecule has 0 N–H and O–H groups in total. The molecule has 102 heavy (non-hydrogen) atoms. The first-order valence-corrected chi connectivity index (χ1v) is 36.0. The Balaban J connectivity index is 0.000000129. The van der Waals surface area contributed by atoms with Gasteiger partial charge in [-0.15, -0.1) is 0 Å². The lowest BCUT2D eigenvalue weighted by Gasteiger charge is -2.30. The van der Waals surface area contributed by atoms with Gasteiger partial charge in [-0.25, -0.2) is 0 Å². The van der Waals surface area contributed by atoms with Crippen molar-refractivity contribution in [3.63, 3.8) is 0 Å². The van der Waals surface area contributed by atoms with Crippen LogP contribution in [0.2, 0.25) is 0 Å². The van der Waals surface area contributed by atoms with Crippen LogP contribution in [0.1, 0.15) is 155 Å². The second-order valence-corrected chi connectivity index (χ2v) is 27.3. The van der Waals surface area contributed by atoms with E-state index in [1.54, 1.807) is 16.9 Å². The summed E-state index contributed by atoms with van der Waals surface area (Å²) in [5.74, 6) is 2.17. The molecule has 4 heterocycles. The molecule has 13 nitrogen and oxygen atoms in total. The minimum Gasteiger partial charge on any atom is -0.497 e. The van der Waals surface area contributed by atoms with Gasteiger partial charge in [0.05, 0.1) is 7.11 Å². The third kappa shape index (κ3) is 15.8. The molecule has 0 aliphatic heterocycles. The highest BCUT2D eigenvalue weighted by atomic mass is 16.5. The summed E-state index contributed by atoms with van der Waals surface area (Å²) in [5, 5.41) is 12.8. The van der Waals surface area contributed by atoms with Crippen LogP contribution in [-0.4, -0.2) is 79.8 Å². The molecule has 1 fully saturated rings. The molecule has 1 aliphatic rings. The first kappa shape index (κ1) is 70.9. The van der Waals surface area contributed by atoms with Crippen LogP contribution in [-0.2, 0) is 0 Å². The molecule has 0 radical (unpaired) electrons. The molecule has 0 unspecified atom stereocenters. The predicted octanol–water partition coefficient (Wildman–Crippen LogP) is 22.6. The number of carbonyl (C=O) groups is 4. The van der Waals surface area contributed by atoms with E-state index in [0.717, 1.165) is 143 Å². The number of hydrogen-bond donors (Lipinski definition) is 0. The topological polar surface area (TPSA) is 143 Å². The summed E-state index contributed by atoms with van der Waals surface area (Å²) in [4.78, 5) is 59.0. The molecular formula is C89H92N4O9. The summed E-state index contributed by atoms with van der Waals surface area (Å²) in [6.07, 6.45) is 8.84. The van der Waals surface area contributed by atoms with Crippen LogP contribution in [0.15, 0.2) is 206 Å². The van der Waals surface area contributed by atoms with Crippen molar-refractivity contribution < 1.29 is 41.6 Å². The summed E-state index contributed by atoms with van der Waals surface area (Å²) in [7, 11) is 3.55. The van der Waals surface area contributed by atoms with E-state index in [1.807, 2.05) is 141 Å². The van der Waals surface area contributed by atoms with E-state index < -0.39 is 0 Å². The zero-order chi connectivity index (χ0) is 71.9. The van der Waals surface area contributed by atoms with Crippen LogP contribution in [0.25, 0.3) is 87.0 Å². The zero-order valence-corrected chi connectivity index (χ0v) is 60.9. The maximum Gasteiger partial charge on any atom is 0.294 e. The number of benzene rings is 10. The fourth-order valence-corrected chi connectivity index (χ4v) is 13.7. The number of aryl methyl sites for hydroxylation is 6. The molecule has 0 spiro atoms. The van der Waals surface area contributed by atoms with Gasteiger partial charge in [0.25, 0.3) is 23.6 Å². The van der Waals surface area contributed by atoms with Crippen molar-refractivity contribution in [1.29, 1.82) is 0 Å². The average molecular weight is 1360 g/mol. The number of fused-ring (bicyclic) bond motifs is 8. The van der Waals surface area contributed by atoms with Gasteiger partial charge in [0.2, 0.25) is 0 Å². The third-order valence-corrected chi connectivity index (χ3v) is 19.7. The van der Waals surface area contributed by atoms with Gasteiger partial charge >= 0.3 is 0 Å². The van der Waals surface area contributed by atoms with Crippen LogP contribution in [0, 0.1) is 41.5 Å². The molecule has 15 rings (SSSR count). The number of methoxy groups -OCH3 is 1. The van der Waals surface area contributed by atoms with E-state index in [9.17, 15) is 19.2 Å². The maximum absolute atomic E-state index is 13.2. The fraction of sp³-hybridized carbons (Fsp3) is 0.281. The Morgan fingerprint density at radius 2 is 0.824 bits per heavy atom. The fourth-order valence-electron chi connectivity index (χ4n) is 13.7. The van der Waals surface area contributed by atoms with Crippen LogP contribution in [0.5, 0.6) is 5.75 Å². The van der Waals surface area contributed by atoms with Crippen molar-refractivity contribution >= 4 is 122 Å². The van der Waals surface area contributed by atoms with Gasteiger partial charge in [-0.3, -0.25) is 19.2 Å². The van der Waals surface area contributed by atoms with Gasteiger partial charge in [-0.1, -0.05) is 135 Å². The largest absolute Gasteiger partial charge is 0.497 e. The summed E-state index contributed by atoms with van der Waals surface area (Å²) < 4.78 is 28.9. The van der Waals surface area contributed by atoms with E-state index in [2.05, 4.69) is 133 Å². The zero-order valence-electron chi connectivity index (χ0n) is 60.9. The molecule has 13 heteroatoms. The number of hydrogen-bond acceptors (Lipinski definition) is 9. The maximum atomic E-state index is 13.2. The predicted molar refractivity (Wildman–Crippen MR) is 418 cm³/mol. The highest BCUT2D eigenvalue weighted by molar-refractivity contribution is 6.10. The lowest BCUT2D eigenvalue weighted by molar-refractivity contribution is 0.0665. The Morgan fingerprint density at radius 3 is 1.26 bits per heavy atom. The smallest absolute Gasteiger partial charge is 0.294 e. The van der Waals surface area contributed by atoms with Gasteiger partial charge in [0.15, 0.2) is 23.0 Å².